The minimum absolute atomic E-state index is 0.110. The molecule has 1 aromatic carbocycles. The zero-order valence-electron chi connectivity index (χ0n) is 17.5. The molecule has 30 heavy (non-hydrogen) atoms. The van der Waals surface area contributed by atoms with E-state index in [1.54, 1.807) is 11.7 Å². The van der Waals surface area contributed by atoms with Gasteiger partial charge in [0.2, 0.25) is 5.91 Å². The van der Waals surface area contributed by atoms with Gasteiger partial charge in [-0.05, 0) is 37.1 Å². The molecule has 1 N–H and O–H groups in total. The minimum atomic E-state index is -0.785. The fraction of sp³-hybridized carbons (Fsp3) is 0.208. The van der Waals surface area contributed by atoms with Gasteiger partial charge in [0.05, 0.1) is 23.5 Å². The van der Waals surface area contributed by atoms with E-state index < -0.39 is 5.41 Å². The highest BCUT2D eigenvalue weighted by atomic mass is 16.2. The van der Waals surface area contributed by atoms with Crippen LogP contribution in [0.1, 0.15) is 19.4 Å². The molecule has 0 aliphatic heterocycles. The highest BCUT2D eigenvalue weighted by Crippen LogP contribution is 2.29. The van der Waals surface area contributed by atoms with E-state index in [1.165, 1.54) is 0 Å². The molecule has 0 aliphatic rings. The van der Waals surface area contributed by atoms with Crippen LogP contribution >= 0.6 is 0 Å². The number of pyridine rings is 1. The van der Waals surface area contributed by atoms with Gasteiger partial charge >= 0.3 is 0 Å². The normalized spacial score (nSPS) is 11.2. The zero-order chi connectivity index (χ0) is 21.3. The van der Waals surface area contributed by atoms with E-state index in [2.05, 4.69) is 51.6 Å². The average Bonchev–Trinajstić information content (AvgIpc) is 3.38. The Labute approximate surface area is 175 Å². The van der Waals surface area contributed by atoms with Crippen molar-refractivity contribution in [1.29, 1.82) is 0 Å². The molecule has 0 spiro atoms. The number of nitrogens with one attached hydrogen (secondary N) is 1. The molecule has 150 valence electrons. The number of nitrogens with zero attached hydrogens (tertiary/aromatic N) is 4. The Bertz CT molecular complexity index is 1280. The van der Waals surface area contributed by atoms with Gasteiger partial charge in [-0.15, -0.1) is 0 Å². The van der Waals surface area contributed by atoms with Gasteiger partial charge in [0, 0.05) is 37.6 Å². The van der Waals surface area contributed by atoms with Gasteiger partial charge in [-0.25, -0.2) is 4.52 Å². The fourth-order valence-corrected chi connectivity index (χ4v) is 3.36. The maximum Gasteiger partial charge on any atom is 0.237 e. The summed E-state index contributed by atoms with van der Waals surface area (Å²) in [4.78, 5) is 12.1. The van der Waals surface area contributed by atoms with E-state index in [0.29, 0.717) is 0 Å². The van der Waals surface area contributed by atoms with E-state index >= 15 is 0 Å². The summed E-state index contributed by atoms with van der Waals surface area (Å²) in [5, 5.41) is 11.4. The summed E-state index contributed by atoms with van der Waals surface area (Å²) < 4.78 is 3.61. The van der Waals surface area contributed by atoms with E-state index in [9.17, 15) is 4.79 Å². The quantitative estimate of drug-likeness (QED) is 0.538. The van der Waals surface area contributed by atoms with Gasteiger partial charge < -0.3 is 5.32 Å². The maximum absolute atomic E-state index is 12.1. The second-order valence-corrected chi connectivity index (χ2v) is 7.71. The van der Waals surface area contributed by atoms with Crippen LogP contribution in [-0.2, 0) is 11.8 Å². The van der Waals surface area contributed by atoms with E-state index in [0.717, 1.165) is 33.3 Å². The highest BCUT2D eigenvalue weighted by Gasteiger charge is 2.23. The Balaban J connectivity index is 1.76. The molecule has 0 fully saturated rings. The summed E-state index contributed by atoms with van der Waals surface area (Å²) >= 11 is 0. The number of aromatic nitrogens is 4. The van der Waals surface area contributed by atoms with Gasteiger partial charge in [-0.1, -0.05) is 36.1 Å². The monoisotopic (exact) mass is 397 g/mol. The maximum atomic E-state index is 12.1. The molecule has 4 aromatic rings. The highest BCUT2D eigenvalue weighted by molar-refractivity contribution is 5.87. The van der Waals surface area contributed by atoms with Crippen LogP contribution in [0.2, 0.25) is 0 Å². The molecule has 0 saturated heterocycles. The second-order valence-electron chi connectivity index (χ2n) is 7.71. The first kappa shape index (κ1) is 19.5. The third kappa shape index (κ3) is 3.58. The lowest BCUT2D eigenvalue weighted by Crippen LogP contribution is -2.33. The molecule has 6 heteroatoms. The van der Waals surface area contributed by atoms with Crippen LogP contribution in [0.4, 0.5) is 0 Å². The van der Waals surface area contributed by atoms with E-state index in [-0.39, 0.29) is 5.91 Å². The minimum Gasteiger partial charge on any atom is -0.358 e. The van der Waals surface area contributed by atoms with Crippen molar-refractivity contribution in [1.82, 2.24) is 24.7 Å². The van der Waals surface area contributed by atoms with E-state index in [1.807, 2.05) is 62.3 Å². The third-order valence-corrected chi connectivity index (χ3v) is 5.08. The Morgan fingerprint density at radius 3 is 2.43 bits per heavy atom. The van der Waals surface area contributed by atoms with Crippen LogP contribution in [-0.4, -0.2) is 32.3 Å². The lowest BCUT2D eigenvalue weighted by Gasteiger charge is -2.14. The summed E-state index contributed by atoms with van der Waals surface area (Å²) in [6.07, 6.45) is 7.60. The summed E-state index contributed by atoms with van der Waals surface area (Å²) in [7, 11) is 3.53. The smallest absolute Gasteiger partial charge is 0.237 e. The average molecular weight is 397 g/mol. The van der Waals surface area contributed by atoms with Crippen molar-refractivity contribution in [3.63, 3.8) is 0 Å². The molecule has 3 heterocycles. The number of fused-ring (bicyclic) bond motifs is 1. The second kappa shape index (κ2) is 7.53. The molecule has 0 radical (unpaired) electrons. The van der Waals surface area contributed by atoms with Crippen LogP contribution in [0.15, 0.2) is 61.2 Å². The van der Waals surface area contributed by atoms with Gasteiger partial charge in [0.25, 0.3) is 0 Å². The molecular formula is C24H23N5O. The zero-order valence-corrected chi connectivity index (χ0v) is 17.5. The molecule has 0 aliphatic carbocycles. The lowest BCUT2D eigenvalue weighted by atomic mass is 9.92. The third-order valence-electron chi connectivity index (χ3n) is 5.08. The first-order chi connectivity index (χ1) is 14.4. The molecule has 0 bridgehead atoms. The number of hydrogen-bond donors (Lipinski definition) is 1. The molecule has 1 amide bonds. The molecule has 0 atom stereocenters. The van der Waals surface area contributed by atoms with Crippen molar-refractivity contribution in [2.24, 2.45) is 12.5 Å². The van der Waals surface area contributed by atoms with Crippen LogP contribution in [0.3, 0.4) is 0 Å². The summed E-state index contributed by atoms with van der Waals surface area (Å²) in [5.41, 5.74) is 5.20. The Morgan fingerprint density at radius 1 is 1.03 bits per heavy atom. The van der Waals surface area contributed by atoms with Crippen LogP contribution < -0.4 is 5.32 Å². The largest absolute Gasteiger partial charge is 0.358 e. The van der Waals surface area contributed by atoms with E-state index in [4.69, 9.17) is 0 Å². The fourth-order valence-electron chi connectivity index (χ4n) is 3.36. The SMILES string of the molecule is CNC(=O)C(C)(C)C#Cc1cccn2ncc(-c3ccc(-c4cnn(C)c4)cc3)c12. The molecule has 0 unspecified atom stereocenters. The first-order valence-corrected chi connectivity index (χ1v) is 9.70. The van der Waals surface area contributed by atoms with Crippen molar-refractivity contribution in [2.45, 2.75) is 13.8 Å². The first-order valence-electron chi connectivity index (χ1n) is 9.70. The summed E-state index contributed by atoms with van der Waals surface area (Å²) in [5.74, 6) is 6.19. The van der Waals surface area contributed by atoms with Crippen LogP contribution in [0.25, 0.3) is 27.8 Å². The van der Waals surface area contributed by atoms with Gasteiger partial charge in [-0.3, -0.25) is 9.48 Å². The molecule has 6 nitrogen and oxygen atoms in total. The number of hydrogen-bond acceptors (Lipinski definition) is 3. The van der Waals surface area contributed by atoms with Crippen LogP contribution in [0.5, 0.6) is 0 Å². The number of amides is 1. The predicted molar refractivity (Wildman–Crippen MR) is 118 cm³/mol. The number of carbonyl (C=O) groups is 1. The topological polar surface area (TPSA) is 64.2 Å². The van der Waals surface area contributed by atoms with Crippen molar-refractivity contribution in [3.05, 3.63) is 66.7 Å². The molecule has 3 aromatic heterocycles. The Hall–Kier alpha value is -3.85. The molecular weight excluding hydrogens is 374 g/mol. The summed E-state index contributed by atoms with van der Waals surface area (Å²) in [6, 6.07) is 12.2. The summed E-state index contributed by atoms with van der Waals surface area (Å²) in [6.45, 7) is 3.63. The number of aryl methyl sites for hydroxylation is 1. The standard InChI is InChI=1S/C24H23N5O/c1-24(2,23(30)25-3)12-11-19-6-5-13-29-22(19)21(15-27-29)18-9-7-17(8-10-18)20-14-26-28(4)16-20/h5-10,13-16H,1-4H3,(H,25,30). The van der Waals surface area contributed by atoms with Gasteiger partial charge in [0.15, 0.2) is 0 Å². The van der Waals surface area contributed by atoms with Crippen LogP contribution in [0, 0.1) is 17.3 Å². The van der Waals surface area contributed by atoms with Gasteiger partial charge in [0.1, 0.15) is 5.41 Å². The Morgan fingerprint density at radius 2 is 1.77 bits per heavy atom. The lowest BCUT2D eigenvalue weighted by molar-refractivity contribution is -0.126. The Kier molecular flexibility index (Phi) is 4.88. The van der Waals surface area contributed by atoms with Crippen molar-refractivity contribution in [3.8, 4) is 34.1 Å². The van der Waals surface area contributed by atoms with Crippen molar-refractivity contribution < 1.29 is 4.79 Å². The number of carbonyl (C=O) groups excluding carboxylic acids is 1. The van der Waals surface area contributed by atoms with Crippen molar-refractivity contribution in [2.75, 3.05) is 7.05 Å². The molecule has 4 rings (SSSR count). The predicted octanol–water partition coefficient (Wildman–Crippen LogP) is 3.53. The van der Waals surface area contributed by atoms with Crippen molar-refractivity contribution >= 4 is 11.4 Å². The number of rotatable bonds is 3. The number of benzene rings is 1. The van der Waals surface area contributed by atoms with Gasteiger partial charge in [-0.2, -0.15) is 10.2 Å². The molecule has 0 saturated carbocycles.